The molecule has 164 valence electrons. The summed E-state index contributed by atoms with van der Waals surface area (Å²) in [6, 6.07) is 5.97. The molecule has 0 saturated carbocycles. The molecule has 1 aliphatic rings. The zero-order valence-corrected chi connectivity index (χ0v) is 21.1. The number of unbranched alkanes of at least 4 members (excludes halogenated alkanes) is 5. The van der Waals surface area contributed by atoms with Gasteiger partial charge in [-0.15, -0.1) is 0 Å². The summed E-state index contributed by atoms with van der Waals surface area (Å²) in [5, 5.41) is 12.7. The smallest absolute Gasteiger partial charge is 0.250 e. The van der Waals surface area contributed by atoms with Crippen molar-refractivity contribution >= 4 is 20.1 Å². The van der Waals surface area contributed by atoms with Gasteiger partial charge in [0.05, 0.1) is 21.6 Å². The summed E-state index contributed by atoms with van der Waals surface area (Å²) in [5.41, 5.74) is -0.745. The number of pyridine rings is 1. The van der Waals surface area contributed by atoms with Gasteiger partial charge in [0.1, 0.15) is 0 Å². The molecule has 0 aromatic carbocycles. The molecule has 0 bridgehead atoms. The second-order valence-corrected chi connectivity index (χ2v) is 15.9. The van der Waals surface area contributed by atoms with Crippen LogP contribution in [0.5, 0.6) is 0 Å². The van der Waals surface area contributed by atoms with E-state index in [9.17, 15) is 5.11 Å². The lowest BCUT2D eigenvalue weighted by molar-refractivity contribution is 0.0397. The van der Waals surface area contributed by atoms with Gasteiger partial charge in [0.15, 0.2) is 0 Å². The van der Waals surface area contributed by atoms with Crippen molar-refractivity contribution in [3.8, 4) is 0 Å². The fraction of sp³-hybridized carbons (Fsp3) is 0.708. The summed E-state index contributed by atoms with van der Waals surface area (Å²) < 4.78 is 6.59. The molecule has 0 radical (unpaired) electrons. The number of aromatic nitrogens is 1. The zero-order chi connectivity index (χ0) is 21.5. The molecule has 1 heterocycles. The van der Waals surface area contributed by atoms with Crippen molar-refractivity contribution in [3.05, 3.63) is 36.2 Å². The Hall–Kier alpha value is -0.783. The number of hydrogen-bond donors (Lipinski definition) is 1. The normalized spacial score (nSPS) is 22.6. The fourth-order valence-electron chi connectivity index (χ4n) is 3.47. The van der Waals surface area contributed by atoms with Gasteiger partial charge in [-0.3, -0.25) is 0 Å². The van der Waals surface area contributed by atoms with Crippen molar-refractivity contribution < 1.29 is 9.53 Å². The van der Waals surface area contributed by atoms with E-state index in [0.29, 0.717) is 6.42 Å². The zero-order valence-electron chi connectivity index (χ0n) is 19.3. The molecule has 0 unspecified atom stereocenters. The van der Waals surface area contributed by atoms with Gasteiger partial charge < -0.3 is 9.53 Å². The van der Waals surface area contributed by atoms with Crippen LogP contribution >= 0.6 is 11.8 Å². The van der Waals surface area contributed by atoms with Gasteiger partial charge in [0.2, 0.25) is 8.32 Å². The van der Waals surface area contributed by atoms with Gasteiger partial charge in [-0.1, -0.05) is 84.0 Å². The van der Waals surface area contributed by atoms with Crippen molar-refractivity contribution in [1.82, 2.24) is 4.98 Å². The summed E-state index contributed by atoms with van der Waals surface area (Å²) in [4.78, 5) is 4.47. The molecule has 0 amide bonds. The van der Waals surface area contributed by atoms with Gasteiger partial charge in [0.25, 0.3) is 0 Å². The monoisotopic (exact) mass is 435 g/mol. The molecule has 0 fully saturated rings. The lowest BCUT2D eigenvalue weighted by atomic mass is 9.92. The predicted octanol–water partition coefficient (Wildman–Crippen LogP) is 7.33. The second-order valence-electron chi connectivity index (χ2n) is 10.00. The van der Waals surface area contributed by atoms with Gasteiger partial charge in [-0.05, 0) is 42.8 Å². The molecular formula is C24H41NO2SSi. The molecule has 1 aromatic rings. The Balaban J connectivity index is 2.07. The molecule has 0 saturated heterocycles. The van der Waals surface area contributed by atoms with E-state index in [1.165, 1.54) is 32.1 Å². The van der Waals surface area contributed by atoms with Crippen molar-refractivity contribution in [2.45, 2.75) is 113 Å². The van der Waals surface area contributed by atoms with Crippen molar-refractivity contribution in [2.24, 2.45) is 0 Å². The first-order valence-electron chi connectivity index (χ1n) is 11.3. The number of hydrogen-bond acceptors (Lipinski definition) is 4. The molecule has 2 rings (SSSR count). The molecule has 0 spiro atoms. The van der Waals surface area contributed by atoms with Crippen molar-refractivity contribution in [2.75, 3.05) is 0 Å². The number of thioether (sulfide) groups is 1. The molecule has 1 aromatic heterocycles. The van der Waals surface area contributed by atoms with E-state index in [4.69, 9.17) is 4.43 Å². The molecule has 2 atom stereocenters. The van der Waals surface area contributed by atoms with Gasteiger partial charge in [-0.25, -0.2) is 4.98 Å². The predicted molar refractivity (Wildman–Crippen MR) is 128 cm³/mol. The maximum absolute atomic E-state index is 11.6. The van der Waals surface area contributed by atoms with Crippen LogP contribution < -0.4 is 0 Å². The lowest BCUT2D eigenvalue weighted by Crippen LogP contribution is -2.41. The Bertz CT molecular complexity index is 657. The van der Waals surface area contributed by atoms with E-state index in [-0.39, 0.29) is 10.3 Å². The maximum Gasteiger partial charge on any atom is 0.250 e. The Kier molecular flexibility index (Phi) is 8.86. The van der Waals surface area contributed by atoms with Crippen LogP contribution in [0.15, 0.2) is 41.3 Å². The standard InChI is InChI=1S/C24H41NO2SSi/c1-7-8-9-10-11-13-16-24(26)19-20(27-29(5,6)23(2,3)4)18-21(24)28-22-15-12-14-17-25-22/h12,14-15,17-18,21,26H,7-11,13,16,19H2,1-6H3/t21-,24-/m0/s1. The average Bonchev–Trinajstić information content (AvgIpc) is 2.92. The SMILES string of the molecule is CCCCCCCC[C@]1(O)CC(O[Si](C)(C)C(C)(C)C)=C[C@@H]1Sc1ccccn1. The summed E-state index contributed by atoms with van der Waals surface area (Å²) >= 11 is 1.67. The van der Waals surface area contributed by atoms with Crippen LogP contribution in [0.2, 0.25) is 18.1 Å². The molecule has 1 N–H and O–H groups in total. The van der Waals surface area contributed by atoms with Crippen molar-refractivity contribution in [3.63, 3.8) is 0 Å². The third-order valence-corrected chi connectivity index (χ3v) is 12.1. The van der Waals surface area contributed by atoms with Crippen LogP contribution in [0.3, 0.4) is 0 Å². The highest BCUT2D eigenvalue weighted by Gasteiger charge is 2.46. The Morgan fingerprint density at radius 3 is 2.48 bits per heavy atom. The fourth-order valence-corrected chi connectivity index (χ4v) is 5.75. The van der Waals surface area contributed by atoms with Crippen LogP contribution in [0.1, 0.15) is 79.1 Å². The Morgan fingerprint density at radius 2 is 1.86 bits per heavy atom. The maximum atomic E-state index is 11.6. The Labute approximate surface area is 183 Å². The lowest BCUT2D eigenvalue weighted by Gasteiger charge is -2.37. The van der Waals surface area contributed by atoms with Gasteiger partial charge in [0, 0.05) is 12.6 Å². The van der Waals surface area contributed by atoms with E-state index >= 15 is 0 Å². The molecule has 3 nitrogen and oxygen atoms in total. The quantitative estimate of drug-likeness (QED) is 0.292. The number of nitrogens with zero attached hydrogens (tertiary/aromatic N) is 1. The molecule has 29 heavy (non-hydrogen) atoms. The van der Waals surface area contributed by atoms with E-state index in [1.54, 1.807) is 11.8 Å². The van der Waals surface area contributed by atoms with Crippen LogP contribution in [0, 0.1) is 0 Å². The summed E-state index contributed by atoms with van der Waals surface area (Å²) in [7, 11) is -1.91. The average molecular weight is 436 g/mol. The summed E-state index contributed by atoms with van der Waals surface area (Å²) in [6.07, 6.45) is 12.9. The number of rotatable bonds is 11. The van der Waals surface area contributed by atoms with E-state index in [2.05, 4.69) is 51.8 Å². The first kappa shape index (κ1) is 24.5. The van der Waals surface area contributed by atoms with Crippen LogP contribution in [-0.2, 0) is 4.43 Å². The minimum absolute atomic E-state index is 0.00666. The molecule has 0 aliphatic heterocycles. The van der Waals surface area contributed by atoms with E-state index in [1.807, 2.05) is 24.4 Å². The molecule has 5 heteroatoms. The van der Waals surface area contributed by atoms with Gasteiger partial charge in [-0.2, -0.15) is 0 Å². The third-order valence-electron chi connectivity index (χ3n) is 6.39. The van der Waals surface area contributed by atoms with Crippen LogP contribution in [0.4, 0.5) is 0 Å². The first-order valence-corrected chi connectivity index (χ1v) is 15.1. The van der Waals surface area contributed by atoms with E-state index in [0.717, 1.165) is 23.6 Å². The van der Waals surface area contributed by atoms with E-state index < -0.39 is 13.9 Å². The highest BCUT2D eigenvalue weighted by molar-refractivity contribution is 8.00. The third kappa shape index (κ3) is 7.14. The number of aliphatic hydroxyl groups is 1. The minimum Gasteiger partial charge on any atom is -0.547 e. The highest BCUT2D eigenvalue weighted by Crippen LogP contribution is 2.46. The first-order chi connectivity index (χ1) is 13.6. The topological polar surface area (TPSA) is 42.4 Å². The summed E-state index contributed by atoms with van der Waals surface area (Å²) in [6.45, 7) is 13.6. The highest BCUT2D eigenvalue weighted by atomic mass is 32.2. The Morgan fingerprint density at radius 1 is 1.17 bits per heavy atom. The largest absolute Gasteiger partial charge is 0.547 e. The minimum atomic E-state index is -1.91. The second kappa shape index (κ2) is 10.5. The summed E-state index contributed by atoms with van der Waals surface area (Å²) in [5.74, 6) is 0.985. The van der Waals surface area contributed by atoms with Crippen molar-refractivity contribution in [1.29, 1.82) is 0 Å². The molecule has 1 aliphatic carbocycles. The van der Waals surface area contributed by atoms with Crippen LogP contribution in [-0.4, -0.2) is 29.3 Å². The molecular weight excluding hydrogens is 394 g/mol. The van der Waals surface area contributed by atoms with Crippen LogP contribution in [0.25, 0.3) is 0 Å². The van der Waals surface area contributed by atoms with Gasteiger partial charge >= 0.3 is 0 Å².